The van der Waals surface area contributed by atoms with Gasteiger partial charge in [0.15, 0.2) is 11.6 Å². The number of amides is 1. The van der Waals surface area contributed by atoms with Crippen LogP contribution in [0.5, 0.6) is 0 Å². The number of aryl methyl sites for hydroxylation is 1. The molecule has 0 unspecified atom stereocenters. The summed E-state index contributed by atoms with van der Waals surface area (Å²) in [6, 6.07) is 4.93. The summed E-state index contributed by atoms with van der Waals surface area (Å²) in [5.74, 6) is 0.422. The van der Waals surface area contributed by atoms with E-state index in [1.165, 1.54) is 28.0 Å². The molecule has 31 heavy (non-hydrogen) atoms. The molecule has 1 N–H and O–H groups in total. The van der Waals surface area contributed by atoms with Gasteiger partial charge < -0.3 is 9.88 Å². The van der Waals surface area contributed by atoms with Gasteiger partial charge in [0.25, 0.3) is 21.1 Å². The number of aromatic nitrogens is 3. The van der Waals surface area contributed by atoms with Crippen LogP contribution < -0.4 is 5.32 Å². The van der Waals surface area contributed by atoms with E-state index in [2.05, 4.69) is 15.5 Å². The molecule has 4 rings (SSSR count). The average molecular weight is 487 g/mol. The van der Waals surface area contributed by atoms with Gasteiger partial charge in [0.2, 0.25) is 5.02 Å². The first-order chi connectivity index (χ1) is 14.7. The molecule has 0 radical (unpaired) electrons. The molecule has 1 saturated heterocycles. The monoisotopic (exact) mass is 486 g/mol. The maximum Gasteiger partial charge on any atom is 0.278 e. The predicted molar refractivity (Wildman–Crippen MR) is 113 cm³/mol. The molecule has 2 aliphatic rings. The van der Waals surface area contributed by atoms with Crippen molar-refractivity contribution in [2.75, 3.05) is 19.6 Å². The summed E-state index contributed by atoms with van der Waals surface area (Å²) >= 11 is 11.3. The summed E-state index contributed by atoms with van der Waals surface area (Å²) in [4.78, 5) is 12.7. The van der Waals surface area contributed by atoms with Crippen LogP contribution >= 0.6 is 11.6 Å². The van der Waals surface area contributed by atoms with Crippen molar-refractivity contribution in [2.45, 2.75) is 37.3 Å². The number of nitrogens with zero attached hydrogens (tertiary/aromatic N) is 4. The molecule has 0 bridgehead atoms. The molecular formula is C20H26Cl2N5O3S+. The van der Waals surface area contributed by atoms with E-state index in [0.29, 0.717) is 54.0 Å². The second-order valence-electron chi connectivity index (χ2n) is 8.60. The Hall–Kier alpha value is -1.68. The second-order valence-corrected chi connectivity index (χ2v) is 11.3. The molecule has 0 atom stereocenters. The number of benzene rings is 1. The number of carbonyl (C=O) groups excluding carboxylic acids is 1. The van der Waals surface area contributed by atoms with Crippen molar-refractivity contribution in [3.63, 3.8) is 0 Å². The lowest BCUT2D eigenvalue weighted by molar-refractivity contribution is -0.288. The molecule has 0 spiro atoms. The molecular weight excluding hydrogens is 461 g/mol. The van der Waals surface area contributed by atoms with Crippen molar-refractivity contribution in [2.24, 2.45) is 18.4 Å². The van der Waals surface area contributed by atoms with Crippen molar-refractivity contribution in [1.29, 1.82) is 0 Å². The lowest BCUT2D eigenvalue weighted by atomic mass is 9.74. The smallest absolute Gasteiger partial charge is 0.278 e. The molecule has 1 aromatic heterocycles. The Morgan fingerprint density at radius 3 is 2.61 bits per heavy atom. The molecule has 1 aromatic carbocycles. The number of sulfonamides is 1. The number of rotatable bonds is 7. The molecule has 1 aliphatic carbocycles. The Labute approximate surface area is 192 Å². The molecule has 1 amide bonds. The number of nitrogens with one attached hydrogen (secondary N) is 1. The molecule has 11 heteroatoms. The fourth-order valence-electron chi connectivity index (χ4n) is 4.25. The first-order valence-corrected chi connectivity index (χ1v) is 12.5. The minimum Gasteiger partial charge on any atom is -0.351 e. The van der Waals surface area contributed by atoms with Gasteiger partial charge in [-0.2, -0.15) is 4.31 Å². The highest BCUT2D eigenvalue weighted by atomic mass is 35.5. The summed E-state index contributed by atoms with van der Waals surface area (Å²) in [5.41, 5.74) is 0.270. The van der Waals surface area contributed by atoms with Crippen LogP contribution in [0.25, 0.3) is 0 Å². The molecule has 8 nitrogen and oxygen atoms in total. The van der Waals surface area contributed by atoms with E-state index in [4.69, 9.17) is 23.2 Å². The molecule has 2 heterocycles. The zero-order chi connectivity index (χ0) is 22.2. The van der Waals surface area contributed by atoms with Crippen LogP contribution in [-0.2, 0) is 17.1 Å². The fraction of sp³-hybridized carbons (Fsp3) is 0.550. The summed E-state index contributed by atoms with van der Waals surface area (Å²) in [6.07, 6.45) is 6.13. The number of piperidine rings is 1. The molecule has 2 aromatic rings. The fourth-order valence-corrected chi connectivity index (χ4v) is 6.23. The lowest BCUT2D eigenvalue weighted by Gasteiger charge is -2.41. The minimum absolute atomic E-state index is 0.0460. The highest BCUT2D eigenvalue weighted by Gasteiger charge is 2.43. The first kappa shape index (κ1) is 22.5. The van der Waals surface area contributed by atoms with E-state index >= 15 is 0 Å². The van der Waals surface area contributed by atoms with Crippen molar-refractivity contribution < 1.29 is 24.8 Å². The summed E-state index contributed by atoms with van der Waals surface area (Å²) in [5, 5.41) is 11.4. The molecule has 168 valence electrons. The van der Waals surface area contributed by atoms with Crippen LogP contribution in [0.3, 0.4) is 0 Å². The van der Waals surface area contributed by atoms with Crippen LogP contribution in [0, 0.1) is 22.9 Å². The molecule has 2 fully saturated rings. The number of carbonyl (C=O) groups is 1. The van der Waals surface area contributed by atoms with Crippen molar-refractivity contribution in [3.8, 4) is 0 Å². The Morgan fingerprint density at radius 1 is 1.32 bits per heavy atom. The molecule has 1 saturated carbocycles. The maximum atomic E-state index is 12.9. The predicted octanol–water partition coefficient (Wildman–Crippen LogP) is 2.17. The van der Waals surface area contributed by atoms with E-state index in [-0.39, 0.29) is 16.5 Å². The van der Waals surface area contributed by atoms with Crippen LogP contribution in [0.2, 0.25) is 10.0 Å². The minimum atomic E-state index is -3.69. The third-order valence-corrected chi connectivity index (χ3v) is 8.69. The zero-order valence-corrected chi connectivity index (χ0v) is 19.6. The summed E-state index contributed by atoms with van der Waals surface area (Å²) in [7, 11) is -2.07. The van der Waals surface area contributed by atoms with Crippen LogP contribution in [0.15, 0.2) is 29.7 Å². The van der Waals surface area contributed by atoms with Crippen LogP contribution in [0.4, 0.5) is 0 Å². The normalized spacial score (nSPS) is 19.3. The Morgan fingerprint density at radius 2 is 2.03 bits per heavy atom. The summed E-state index contributed by atoms with van der Waals surface area (Å²) in [6.45, 7) is 1.28. The Balaban J connectivity index is 1.44. The zero-order valence-electron chi connectivity index (χ0n) is 17.3. The number of halogens is 2. The summed E-state index contributed by atoms with van der Waals surface area (Å²) < 4.78 is 28.8. The third kappa shape index (κ3) is 4.89. The topological polar surface area (TPSA) is 97.2 Å². The van der Waals surface area contributed by atoms with Crippen LogP contribution in [0.1, 0.15) is 42.5 Å². The van der Waals surface area contributed by atoms with E-state index < -0.39 is 10.0 Å². The quantitative estimate of drug-likeness (QED) is 0.646. The first-order valence-electron chi connectivity index (χ1n) is 10.3. The van der Waals surface area contributed by atoms with Crippen molar-refractivity contribution in [1.82, 2.24) is 24.4 Å². The maximum absolute atomic E-state index is 12.9. The Kier molecular flexibility index (Phi) is 6.31. The van der Waals surface area contributed by atoms with Crippen molar-refractivity contribution >= 4 is 27.5 Å². The van der Waals surface area contributed by atoms with Crippen molar-refractivity contribution in [3.05, 3.63) is 40.1 Å². The van der Waals surface area contributed by atoms with Gasteiger partial charge in [0.1, 0.15) is 6.33 Å². The standard InChI is InChI=1S/C20H25Cl2N5O3S/c1-26-13-24-25-19(26)31(29,30)27-8-6-20(7-9-27,11-14-2-3-14)12-23-18(28)16-5-4-15(21)10-17(16)22/h4-5,10,13-14,21H,2-3,6-9,11-12H2,1H3/p+1. The van der Waals surface area contributed by atoms with Gasteiger partial charge in [0.05, 0.1) is 10.6 Å². The number of hydrogen-bond donors (Lipinski definition) is 1. The third-order valence-electron chi connectivity index (χ3n) is 6.25. The van der Waals surface area contributed by atoms with E-state index in [0.717, 1.165) is 6.42 Å². The highest BCUT2D eigenvalue weighted by molar-refractivity contribution is 7.89. The van der Waals surface area contributed by atoms with Crippen LogP contribution in [-0.4, -0.2) is 53.0 Å². The van der Waals surface area contributed by atoms with Gasteiger partial charge in [-0.1, -0.05) is 24.4 Å². The van der Waals surface area contributed by atoms with E-state index in [1.54, 1.807) is 25.2 Å². The second kappa shape index (κ2) is 8.69. The highest BCUT2D eigenvalue weighted by Crippen LogP contribution is 2.46. The largest absolute Gasteiger partial charge is 0.351 e. The molecule has 1 aliphatic heterocycles. The van der Waals surface area contributed by atoms with Gasteiger partial charge >= 0.3 is 0 Å². The van der Waals surface area contributed by atoms with E-state index in [1.807, 2.05) is 0 Å². The SMILES string of the molecule is Cn1cnnc1S(=O)(=O)N1CCC(CNC(=O)c2ccc([ClH+])cc2Cl)(CC2CC2)CC1. The number of hydrogen-bond acceptors (Lipinski definition) is 5. The average Bonchev–Trinajstić information content (AvgIpc) is 3.42. The van der Waals surface area contributed by atoms with E-state index in [9.17, 15) is 13.2 Å². The van der Waals surface area contributed by atoms with Gasteiger partial charge in [-0.25, -0.2) is 8.42 Å². The lowest BCUT2D eigenvalue weighted by Crippen LogP contribution is -2.48. The van der Waals surface area contributed by atoms with Gasteiger partial charge in [-0.15, -0.1) is 10.2 Å². The van der Waals surface area contributed by atoms with Gasteiger partial charge in [-0.3, -0.25) is 4.79 Å². The van der Waals surface area contributed by atoms with Gasteiger partial charge in [-0.05, 0) is 36.7 Å². The Bertz CT molecular complexity index is 1080. The van der Waals surface area contributed by atoms with Gasteiger partial charge in [0, 0.05) is 38.8 Å².